The average molecular weight is 324 g/mol. The molecular weight excluding hydrogens is 308 g/mol. The van der Waals surface area contributed by atoms with Gasteiger partial charge in [-0.2, -0.15) is 0 Å². The van der Waals surface area contributed by atoms with Crippen LogP contribution >= 0.6 is 11.3 Å². The molecule has 0 unspecified atom stereocenters. The number of rotatable bonds is 5. The first-order chi connectivity index (χ1) is 11.3. The summed E-state index contributed by atoms with van der Waals surface area (Å²) in [5.41, 5.74) is 2.19. The van der Waals surface area contributed by atoms with Crippen LogP contribution in [0.25, 0.3) is 10.4 Å². The third-order valence-electron chi connectivity index (χ3n) is 3.38. The molecule has 0 radical (unpaired) electrons. The zero-order valence-corrected chi connectivity index (χ0v) is 13.5. The Morgan fingerprint density at radius 2 is 1.70 bits per heavy atom. The van der Waals surface area contributed by atoms with Crippen molar-refractivity contribution in [2.24, 2.45) is 0 Å². The summed E-state index contributed by atoms with van der Waals surface area (Å²) in [6, 6.07) is 21.6. The smallest absolute Gasteiger partial charge is 0.348 e. The molecule has 1 aromatic heterocycles. The maximum Gasteiger partial charge on any atom is 0.348 e. The van der Waals surface area contributed by atoms with Crippen molar-refractivity contribution in [1.29, 1.82) is 0 Å². The SMILES string of the molecule is COC(=O)c1ccc(-c2ccc(OCc3ccccc3)cc2)s1. The van der Waals surface area contributed by atoms with Gasteiger partial charge in [0, 0.05) is 4.88 Å². The molecule has 1 heterocycles. The summed E-state index contributed by atoms with van der Waals surface area (Å²) in [6.07, 6.45) is 0. The van der Waals surface area contributed by atoms with Gasteiger partial charge in [-0.3, -0.25) is 0 Å². The lowest BCUT2D eigenvalue weighted by Crippen LogP contribution is -1.96. The van der Waals surface area contributed by atoms with E-state index in [0.29, 0.717) is 11.5 Å². The van der Waals surface area contributed by atoms with Crippen molar-refractivity contribution < 1.29 is 14.3 Å². The molecule has 0 amide bonds. The summed E-state index contributed by atoms with van der Waals surface area (Å²) in [7, 11) is 1.39. The fourth-order valence-electron chi connectivity index (χ4n) is 2.16. The molecule has 0 fully saturated rings. The maximum atomic E-state index is 11.5. The Bertz CT molecular complexity index is 776. The van der Waals surface area contributed by atoms with Crippen LogP contribution < -0.4 is 4.74 Å². The van der Waals surface area contributed by atoms with Crippen molar-refractivity contribution in [3.05, 3.63) is 77.2 Å². The minimum Gasteiger partial charge on any atom is -0.489 e. The molecule has 0 N–H and O–H groups in total. The normalized spacial score (nSPS) is 10.3. The summed E-state index contributed by atoms with van der Waals surface area (Å²) in [6.45, 7) is 0.547. The van der Waals surface area contributed by atoms with Crippen LogP contribution in [0.3, 0.4) is 0 Å². The lowest BCUT2D eigenvalue weighted by molar-refractivity contribution is 0.0606. The number of esters is 1. The molecule has 2 aromatic carbocycles. The van der Waals surface area contributed by atoms with Crippen molar-refractivity contribution in [3.8, 4) is 16.2 Å². The van der Waals surface area contributed by atoms with Gasteiger partial charge in [0.2, 0.25) is 0 Å². The van der Waals surface area contributed by atoms with Gasteiger partial charge in [0.05, 0.1) is 7.11 Å². The highest BCUT2D eigenvalue weighted by molar-refractivity contribution is 7.17. The van der Waals surface area contributed by atoms with E-state index in [2.05, 4.69) is 0 Å². The van der Waals surface area contributed by atoms with Crippen molar-refractivity contribution in [1.82, 2.24) is 0 Å². The molecule has 23 heavy (non-hydrogen) atoms. The number of carbonyl (C=O) groups is 1. The van der Waals surface area contributed by atoms with Crippen molar-refractivity contribution >= 4 is 17.3 Å². The molecule has 0 aliphatic carbocycles. The third kappa shape index (κ3) is 3.79. The van der Waals surface area contributed by atoms with Gasteiger partial charge in [-0.05, 0) is 47.5 Å². The number of carbonyl (C=O) groups excluding carboxylic acids is 1. The largest absolute Gasteiger partial charge is 0.489 e. The van der Waals surface area contributed by atoms with Crippen LogP contribution in [-0.4, -0.2) is 13.1 Å². The van der Waals surface area contributed by atoms with E-state index >= 15 is 0 Å². The summed E-state index contributed by atoms with van der Waals surface area (Å²) >= 11 is 1.42. The van der Waals surface area contributed by atoms with E-state index < -0.39 is 0 Å². The Hall–Kier alpha value is -2.59. The molecule has 0 saturated heterocycles. The van der Waals surface area contributed by atoms with Crippen LogP contribution in [0.4, 0.5) is 0 Å². The lowest BCUT2D eigenvalue weighted by Gasteiger charge is -2.07. The quantitative estimate of drug-likeness (QED) is 0.634. The van der Waals surface area contributed by atoms with E-state index in [9.17, 15) is 4.79 Å². The van der Waals surface area contributed by atoms with E-state index in [-0.39, 0.29) is 5.97 Å². The van der Waals surface area contributed by atoms with Gasteiger partial charge in [0.15, 0.2) is 0 Å². The van der Waals surface area contributed by atoms with E-state index in [1.54, 1.807) is 6.07 Å². The molecule has 4 heteroatoms. The van der Waals surface area contributed by atoms with Crippen molar-refractivity contribution in [2.45, 2.75) is 6.61 Å². The predicted molar refractivity (Wildman–Crippen MR) is 91.9 cm³/mol. The van der Waals surface area contributed by atoms with E-state index in [1.165, 1.54) is 18.4 Å². The standard InChI is InChI=1S/C19H16O3S/c1-21-19(20)18-12-11-17(23-18)15-7-9-16(10-8-15)22-13-14-5-3-2-4-6-14/h2-12H,13H2,1H3. The van der Waals surface area contributed by atoms with Crippen LogP contribution in [0.15, 0.2) is 66.7 Å². The molecule has 3 nitrogen and oxygen atoms in total. The molecule has 0 aliphatic rings. The first kappa shape index (κ1) is 15.3. The second kappa shape index (κ2) is 7.11. The van der Waals surface area contributed by atoms with Crippen LogP contribution in [0.5, 0.6) is 5.75 Å². The number of hydrogen-bond acceptors (Lipinski definition) is 4. The van der Waals surface area contributed by atoms with Crippen LogP contribution in [-0.2, 0) is 11.3 Å². The minimum absolute atomic E-state index is 0.302. The minimum atomic E-state index is -0.302. The summed E-state index contributed by atoms with van der Waals surface area (Å²) < 4.78 is 10.5. The van der Waals surface area contributed by atoms with Crippen LogP contribution in [0, 0.1) is 0 Å². The third-order valence-corrected chi connectivity index (χ3v) is 4.49. The lowest BCUT2D eigenvalue weighted by atomic mass is 10.2. The number of benzene rings is 2. The Balaban J connectivity index is 1.67. The van der Waals surface area contributed by atoms with E-state index in [1.807, 2.05) is 60.7 Å². The first-order valence-electron chi connectivity index (χ1n) is 7.21. The molecule has 0 aliphatic heterocycles. The molecule has 0 spiro atoms. The van der Waals surface area contributed by atoms with Gasteiger partial charge in [-0.1, -0.05) is 30.3 Å². The fourth-order valence-corrected chi connectivity index (χ4v) is 3.09. The van der Waals surface area contributed by atoms with Gasteiger partial charge >= 0.3 is 5.97 Å². The highest BCUT2D eigenvalue weighted by atomic mass is 32.1. The monoisotopic (exact) mass is 324 g/mol. The van der Waals surface area contributed by atoms with Gasteiger partial charge in [-0.15, -0.1) is 11.3 Å². The van der Waals surface area contributed by atoms with E-state index in [4.69, 9.17) is 9.47 Å². The van der Waals surface area contributed by atoms with Gasteiger partial charge < -0.3 is 9.47 Å². The molecule has 0 saturated carbocycles. The number of methoxy groups -OCH3 is 1. The molecule has 3 rings (SSSR count). The van der Waals surface area contributed by atoms with E-state index in [0.717, 1.165) is 21.8 Å². The Morgan fingerprint density at radius 3 is 2.39 bits per heavy atom. The zero-order chi connectivity index (χ0) is 16.1. The fraction of sp³-hybridized carbons (Fsp3) is 0.105. The molecule has 116 valence electrons. The molecular formula is C19H16O3S. The first-order valence-corrected chi connectivity index (χ1v) is 8.03. The van der Waals surface area contributed by atoms with Crippen LogP contribution in [0.2, 0.25) is 0 Å². The second-order valence-electron chi connectivity index (χ2n) is 4.95. The number of hydrogen-bond donors (Lipinski definition) is 0. The predicted octanol–water partition coefficient (Wildman–Crippen LogP) is 4.78. The second-order valence-corrected chi connectivity index (χ2v) is 6.04. The van der Waals surface area contributed by atoms with Crippen LogP contribution in [0.1, 0.15) is 15.2 Å². The molecule has 3 aromatic rings. The van der Waals surface area contributed by atoms with Crippen molar-refractivity contribution in [2.75, 3.05) is 7.11 Å². The summed E-state index contributed by atoms with van der Waals surface area (Å²) in [4.78, 5) is 13.1. The Labute approximate surface area is 139 Å². The topological polar surface area (TPSA) is 35.5 Å². The average Bonchev–Trinajstić information content (AvgIpc) is 3.11. The molecule has 0 bridgehead atoms. The van der Waals surface area contributed by atoms with Gasteiger partial charge in [0.1, 0.15) is 17.2 Å². The van der Waals surface area contributed by atoms with Gasteiger partial charge in [0.25, 0.3) is 0 Å². The van der Waals surface area contributed by atoms with Gasteiger partial charge in [-0.25, -0.2) is 4.79 Å². The summed E-state index contributed by atoms with van der Waals surface area (Å²) in [5.74, 6) is 0.520. The molecule has 0 atom stereocenters. The number of ether oxygens (including phenoxy) is 2. The Morgan fingerprint density at radius 1 is 0.957 bits per heavy atom. The highest BCUT2D eigenvalue weighted by Crippen LogP contribution is 2.29. The number of thiophene rings is 1. The maximum absolute atomic E-state index is 11.5. The summed E-state index contributed by atoms with van der Waals surface area (Å²) in [5, 5.41) is 0. The highest BCUT2D eigenvalue weighted by Gasteiger charge is 2.10. The van der Waals surface area contributed by atoms with Crippen molar-refractivity contribution in [3.63, 3.8) is 0 Å². The zero-order valence-electron chi connectivity index (χ0n) is 12.7. The Kier molecular flexibility index (Phi) is 4.74.